The lowest BCUT2D eigenvalue weighted by Crippen LogP contribution is -2.22. The molecule has 0 unspecified atom stereocenters. The molecule has 0 N–H and O–H groups in total. The third kappa shape index (κ3) is 2.52. The van der Waals surface area contributed by atoms with E-state index in [1.54, 1.807) is 0 Å². The van der Waals surface area contributed by atoms with E-state index in [-0.39, 0.29) is 10.2 Å². The first-order chi connectivity index (χ1) is 7.27. The van der Waals surface area contributed by atoms with E-state index in [1.807, 2.05) is 0 Å². The zero-order valence-electron chi connectivity index (χ0n) is 7.86. The molecule has 0 bridgehead atoms. The molecule has 0 aliphatic carbocycles. The molecule has 0 heterocycles. The molecular weight excluding hydrogens is 296 g/mol. The van der Waals surface area contributed by atoms with Crippen molar-refractivity contribution in [2.45, 2.75) is 6.18 Å². The van der Waals surface area contributed by atoms with Gasteiger partial charge >= 0.3 is 6.18 Å². The van der Waals surface area contributed by atoms with E-state index in [1.165, 1.54) is 0 Å². The van der Waals surface area contributed by atoms with Gasteiger partial charge in [0.2, 0.25) is 0 Å². The van der Waals surface area contributed by atoms with Crippen LogP contribution in [-0.4, -0.2) is 19.1 Å². The summed E-state index contributed by atoms with van der Waals surface area (Å²) in [5.41, 5.74) is -0.780. The van der Waals surface area contributed by atoms with Gasteiger partial charge in [-0.2, -0.15) is 13.2 Å². The molecule has 1 aromatic rings. The fraction of sp³-hybridized carbons (Fsp3) is 0.222. The lowest BCUT2D eigenvalue weighted by molar-refractivity contribution is -0.0885. The van der Waals surface area contributed by atoms with Crippen LogP contribution >= 0.6 is 15.9 Å². The van der Waals surface area contributed by atoms with E-state index in [9.17, 15) is 22.4 Å². The van der Waals surface area contributed by atoms with Gasteiger partial charge in [0.25, 0.3) is 5.78 Å². The summed E-state index contributed by atoms with van der Waals surface area (Å²) in [5.74, 6) is -3.39. The van der Waals surface area contributed by atoms with Crippen molar-refractivity contribution in [1.82, 2.24) is 0 Å². The van der Waals surface area contributed by atoms with Crippen LogP contribution in [-0.2, 0) is 0 Å². The van der Waals surface area contributed by atoms with Crippen LogP contribution in [0.2, 0.25) is 0 Å². The maximum absolute atomic E-state index is 13.2. The van der Waals surface area contributed by atoms with Gasteiger partial charge in [0, 0.05) is 5.56 Å². The fourth-order valence-electron chi connectivity index (χ4n) is 1.05. The van der Waals surface area contributed by atoms with E-state index in [0.717, 1.165) is 13.2 Å². The van der Waals surface area contributed by atoms with Crippen molar-refractivity contribution in [3.8, 4) is 5.75 Å². The molecule has 0 spiro atoms. The second kappa shape index (κ2) is 4.40. The topological polar surface area (TPSA) is 26.3 Å². The van der Waals surface area contributed by atoms with E-state index < -0.39 is 23.3 Å². The van der Waals surface area contributed by atoms with Crippen LogP contribution in [0, 0.1) is 5.82 Å². The molecule has 0 aromatic heterocycles. The van der Waals surface area contributed by atoms with Crippen LogP contribution in [0.1, 0.15) is 10.4 Å². The number of rotatable bonds is 2. The monoisotopic (exact) mass is 300 g/mol. The van der Waals surface area contributed by atoms with Crippen molar-refractivity contribution in [1.29, 1.82) is 0 Å². The molecule has 0 saturated heterocycles. The maximum atomic E-state index is 13.2. The standard InChI is InChI=1S/C9H5BrF4O2/c1-16-7-5(10)2-4(3-6(7)11)8(15)9(12,13)14/h2-3H,1H3. The van der Waals surface area contributed by atoms with Crippen LogP contribution in [0.25, 0.3) is 0 Å². The van der Waals surface area contributed by atoms with E-state index in [4.69, 9.17) is 0 Å². The number of hydrogen-bond donors (Lipinski definition) is 0. The number of methoxy groups -OCH3 is 1. The van der Waals surface area contributed by atoms with Crippen molar-refractivity contribution >= 4 is 21.7 Å². The highest BCUT2D eigenvalue weighted by Gasteiger charge is 2.39. The average molecular weight is 301 g/mol. The van der Waals surface area contributed by atoms with Gasteiger partial charge in [-0.15, -0.1) is 0 Å². The Hall–Kier alpha value is -1.11. The average Bonchev–Trinajstić information content (AvgIpc) is 2.14. The largest absolute Gasteiger partial charge is 0.492 e. The minimum atomic E-state index is -5.03. The van der Waals surface area contributed by atoms with Crippen LogP contribution in [0.15, 0.2) is 16.6 Å². The summed E-state index contributed by atoms with van der Waals surface area (Å²) in [4.78, 5) is 10.8. The molecule has 1 aromatic carbocycles. The highest BCUT2D eigenvalue weighted by molar-refractivity contribution is 9.10. The Morgan fingerprint density at radius 3 is 2.31 bits per heavy atom. The molecule has 0 aliphatic heterocycles. The smallest absolute Gasteiger partial charge is 0.454 e. The molecule has 0 saturated carbocycles. The maximum Gasteiger partial charge on any atom is 0.454 e. The number of ether oxygens (including phenoxy) is 1. The zero-order chi connectivity index (χ0) is 12.5. The van der Waals surface area contributed by atoms with E-state index >= 15 is 0 Å². The molecule has 2 nitrogen and oxygen atoms in total. The minimum absolute atomic E-state index is 0.0531. The van der Waals surface area contributed by atoms with E-state index in [2.05, 4.69) is 20.7 Å². The van der Waals surface area contributed by atoms with Gasteiger partial charge < -0.3 is 4.74 Å². The third-order valence-electron chi connectivity index (χ3n) is 1.72. The second-order valence-electron chi connectivity index (χ2n) is 2.80. The molecule has 0 fully saturated rings. The lowest BCUT2D eigenvalue weighted by Gasteiger charge is -2.09. The van der Waals surface area contributed by atoms with Gasteiger partial charge in [0.05, 0.1) is 11.6 Å². The molecule has 0 atom stereocenters. The molecule has 7 heteroatoms. The van der Waals surface area contributed by atoms with Crippen molar-refractivity contribution in [3.63, 3.8) is 0 Å². The van der Waals surface area contributed by atoms with Gasteiger partial charge in [-0.05, 0) is 28.1 Å². The van der Waals surface area contributed by atoms with Crippen LogP contribution < -0.4 is 4.74 Å². The Bertz CT molecular complexity index is 405. The molecule has 1 rings (SSSR count). The first kappa shape index (κ1) is 13.0. The highest BCUT2D eigenvalue weighted by atomic mass is 79.9. The lowest BCUT2D eigenvalue weighted by atomic mass is 10.1. The van der Waals surface area contributed by atoms with Crippen molar-refractivity contribution in [2.75, 3.05) is 7.11 Å². The van der Waals surface area contributed by atoms with Gasteiger partial charge in [-0.25, -0.2) is 4.39 Å². The summed E-state index contributed by atoms with van der Waals surface area (Å²) in [6, 6.07) is 1.34. The molecule has 0 amide bonds. The molecule has 0 radical (unpaired) electrons. The van der Waals surface area contributed by atoms with Crippen molar-refractivity contribution in [2.24, 2.45) is 0 Å². The van der Waals surface area contributed by atoms with Crippen LogP contribution in [0.4, 0.5) is 17.6 Å². The quantitative estimate of drug-likeness (QED) is 0.618. The summed E-state index contributed by atoms with van der Waals surface area (Å²) in [7, 11) is 1.16. The second-order valence-corrected chi connectivity index (χ2v) is 3.65. The Morgan fingerprint density at radius 2 is 1.94 bits per heavy atom. The van der Waals surface area contributed by atoms with Gasteiger partial charge in [-0.1, -0.05) is 0 Å². The highest BCUT2D eigenvalue weighted by Crippen LogP contribution is 2.31. The molecular formula is C9H5BrF4O2. The van der Waals surface area contributed by atoms with Crippen molar-refractivity contribution < 1.29 is 27.1 Å². The summed E-state index contributed by atoms with van der Waals surface area (Å²) in [6.45, 7) is 0. The predicted octanol–water partition coefficient (Wildman–Crippen LogP) is 3.34. The first-order valence-corrected chi connectivity index (χ1v) is 4.71. The molecule has 0 aliphatic rings. The predicted molar refractivity (Wildman–Crippen MR) is 51.0 cm³/mol. The number of benzene rings is 1. The van der Waals surface area contributed by atoms with Gasteiger partial charge in [0.15, 0.2) is 11.6 Å². The van der Waals surface area contributed by atoms with Crippen LogP contribution in [0.5, 0.6) is 5.75 Å². The SMILES string of the molecule is COc1c(F)cc(C(=O)C(F)(F)F)cc1Br. The normalized spacial score (nSPS) is 11.4. The number of halogens is 5. The summed E-state index contributed by atoms with van der Waals surface area (Å²) >= 11 is 2.81. The molecule has 16 heavy (non-hydrogen) atoms. The van der Waals surface area contributed by atoms with Crippen LogP contribution in [0.3, 0.4) is 0 Å². The van der Waals surface area contributed by atoms with Crippen molar-refractivity contribution in [3.05, 3.63) is 28.0 Å². The van der Waals surface area contributed by atoms with Gasteiger partial charge in [-0.3, -0.25) is 4.79 Å². The number of carbonyl (C=O) groups is 1. The number of Topliss-reactive ketones (excluding diaryl/α,β-unsaturated/α-hetero) is 1. The number of carbonyl (C=O) groups excluding carboxylic acids is 1. The summed E-state index contributed by atoms with van der Waals surface area (Å²) in [6.07, 6.45) is -5.03. The number of alkyl halides is 3. The van der Waals surface area contributed by atoms with E-state index in [0.29, 0.717) is 6.07 Å². The summed E-state index contributed by atoms with van der Waals surface area (Å²) < 4.78 is 53.9. The fourth-order valence-corrected chi connectivity index (χ4v) is 1.65. The minimum Gasteiger partial charge on any atom is -0.492 e. The first-order valence-electron chi connectivity index (χ1n) is 3.92. The summed E-state index contributed by atoms with van der Waals surface area (Å²) in [5, 5.41) is 0. The Labute approximate surface area is 96.3 Å². The zero-order valence-corrected chi connectivity index (χ0v) is 9.45. The van der Waals surface area contributed by atoms with Gasteiger partial charge in [0.1, 0.15) is 0 Å². The Kier molecular flexibility index (Phi) is 3.57. The number of ketones is 1. The number of hydrogen-bond acceptors (Lipinski definition) is 2. The Balaban J connectivity index is 3.24. The molecule has 88 valence electrons. The third-order valence-corrected chi connectivity index (χ3v) is 2.31. The Morgan fingerprint density at radius 1 is 1.38 bits per heavy atom.